The zero-order valence-electron chi connectivity index (χ0n) is 20.6. The molecule has 0 aromatic heterocycles. The van der Waals surface area contributed by atoms with Gasteiger partial charge in [-0.2, -0.15) is 0 Å². The molecule has 0 heterocycles. The largest absolute Gasteiger partial charge is 0.472 e. The van der Waals surface area contributed by atoms with Crippen molar-refractivity contribution in [1.82, 2.24) is 0 Å². The van der Waals surface area contributed by atoms with Crippen molar-refractivity contribution in [2.24, 2.45) is 0 Å². The molecule has 8 heteroatoms. The molecular formula is C24H49O7P. The Morgan fingerprint density at radius 3 is 1.59 bits per heavy atom. The number of carboxylic acid groups (broad SMARTS) is 1. The molecule has 1 unspecified atom stereocenters. The molecule has 0 spiro atoms. The fourth-order valence-corrected chi connectivity index (χ4v) is 4.07. The van der Waals surface area contributed by atoms with Crippen LogP contribution in [-0.4, -0.2) is 48.2 Å². The first kappa shape index (κ1) is 31.5. The summed E-state index contributed by atoms with van der Waals surface area (Å²) in [4.78, 5) is 19.8. The molecule has 2 atom stereocenters. The lowest BCUT2D eigenvalue weighted by Crippen LogP contribution is -2.26. The van der Waals surface area contributed by atoms with Gasteiger partial charge in [-0.25, -0.2) is 9.36 Å². The van der Waals surface area contributed by atoms with E-state index in [2.05, 4.69) is 11.4 Å². The summed E-state index contributed by atoms with van der Waals surface area (Å²) in [5, 5.41) is 8.61. The average Bonchev–Trinajstić information content (AvgIpc) is 2.76. The second-order valence-electron chi connectivity index (χ2n) is 8.55. The maximum absolute atomic E-state index is 11.3. The molecule has 0 amide bonds. The van der Waals surface area contributed by atoms with E-state index in [0.717, 1.165) is 12.8 Å². The third-order valence-electron chi connectivity index (χ3n) is 5.53. The Balaban J connectivity index is 3.44. The van der Waals surface area contributed by atoms with Crippen molar-refractivity contribution in [1.29, 1.82) is 0 Å². The minimum Gasteiger partial charge on any atom is -0.472 e. The van der Waals surface area contributed by atoms with Gasteiger partial charge in [0.25, 0.3) is 0 Å². The van der Waals surface area contributed by atoms with Gasteiger partial charge in [-0.15, -0.1) is 0 Å². The first-order chi connectivity index (χ1) is 15.4. The lowest BCUT2D eigenvalue weighted by atomic mass is 10.0. The summed E-state index contributed by atoms with van der Waals surface area (Å²) in [5.41, 5.74) is -1.86. The van der Waals surface area contributed by atoms with Gasteiger partial charge in [-0.1, -0.05) is 103 Å². The molecule has 0 saturated carbocycles. The van der Waals surface area contributed by atoms with Crippen LogP contribution < -0.4 is 0 Å². The first-order valence-corrected chi connectivity index (χ1v) is 14.4. The topological polar surface area (TPSA) is 102 Å². The Hall–Kier alpha value is -0.460. The lowest BCUT2D eigenvalue weighted by molar-refractivity contribution is -0.0347. The Morgan fingerprint density at radius 2 is 1.19 bits per heavy atom. The highest BCUT2D eigenvalue weighted by Gasteiger charge is 2.31. The summed E-state index contributed by atoms with van der Waals surface area (Å²) in [7, 11) is -4.64. The van der Waals surface area contributed by atoms with Crippen molar-refractivity contribution >= 4 is 13.3 Å². The summed E-state index contributed by atoms with van der Waals surface area (Å²) in [6.07, 6.45) is 20.6. The van der Waals surface area contributed by atoms with Gasteiger partial charge in [0.1, 0.15) is 6.10 Å². The highest BCUT2D eigenvalue weighted by Crippen LogP contribution is 2.42. The molecule has 2 N–H and O–H groups in total. The van der Waals surface area contributed by atoms with E-state index in [0.29, 0.717) is 13.2 Å². The van der Waals surface area contributed by atoms with Crippen LogP contribution in [0.15, 0.2) is 0 Å². The molecule has 0 radical (unpaired) electrons. The molecule has 7 nitrogen and oxygen atoms in total. The molecule has 0 fully saturated rings. The second kappa shape index (κ2) is 22.3. The van der Waals surface area contributed by atoms with Crippen LogP contribution in [0.3, 0.4) is 0 Å². The molecule has 0 aliphatic carbocycles. The van der Waals surface area contributed by atoms with Gasteiger partial charge in [0.2, 0.25) is 0 Å². The standard InChI is InChI=1S/C24H49O7P/c1-3-5-6-7-8-9-10-11-12-13-14-15-16-17-18-19-20-29-21-23(30-4-2)22-31-32(27,28)24(25)26/h23H,3-22H2,1-2H3,(H,25,26)(H,27,28)/t23-/m0/s1. The van der Waals surface area contributed by atoms with Crippen LogP contribution in [-0.2, 0) is 18.6 Å². The van der Waals surface area contributed by atoms with Crippen LogP contribution >= 0.6 is 7.60 Å². The van der Waals surface area contributed by atoms with E-state index >= 15 is 0 Å². The summed E-state index contributed by atoms with van der Waals surface area (Å²) < 4.78 is 26.8. The van der Waals surface area contributed by atoms with Gasteiger partial charge in [-0.05, 0) is 13.3 Å². The van der Waals surface area contributed by atoms with Gasteiger partial charge in [0.05, 0.1) is 13.2 Å². The first-order valence-electron chi connectivity index (χ1n) is 12.8. The normalized spacial score (nSPS) is 14.3. The van der Waals surface area contributed by atoms with Crippen molar-refractivity contribution in [3.8, 4) is 0 Å². The quantitative estimate of drug-likeness (QED) is 0.103. The van der Waals surface area contributed by atoms with Gasteiger partial charge in [0.15, 0.2) is 0 Å². The molecular weight excluding hydrogens is 431 g/mol. The molecule has 192 valence electrons. The maximum Gasteiger partial charge on any atom is 0.435 e. The third-order valence-corrected chi connectivity index (χ3v) is 6.51. The van der Waals surface area contributed by atoms with E-state index in [-0.39, 0.29) is 13.2 Å². The Kier molecular flexibility index (Phi) is 22.0. The smallest absolute Gasteiger partial charge is 0.435 e. The van der Waals surface area contributed by atoms with E-state index in [1.54, 1.807) is 6.92 Å². The second-order valence-corrected chi connectivity index (χ2v) is 10.2. The highest BCUT2D eigenvalue weighted by molar-refractivity contribution is 7.70. The van der Waals surface area contributed by atoms with Gasteiger partial charge in [0, 0.05) is 13.2 Å². The van der Waals surface area contributed by atoms with E-state index < -0.39 is 19.4 Å². The van der Waals surface area contributed by atoms with Gasteiger partial charge >= 0.3 is 13.3 Å². The highest BCUT2D eigenvalue weighted by atomic mass is 31.2. The minimum atomic E-state index is -4.64. The monoisotopic (exact) mass is 480 g/mol. The number of carbonyl (C=O) groups is 1. The molecule has 0 aliphatic heterocycles. The molecule has 32 heavy (non-hydrogen) atoms. The number of hydrogen-bond acceptors (Lipinski definition) is 5. The average molecular weight is 481 g/mol. The van der Waals surface area contributed by atoms with Gasteiger partial charge < -0.3 is 19.5 Å². The lowest BCUT2D eigenvalue weighted by Gasteiger charge is -2.18. The maximum atomic E-state index is 11.3. The fourth-order valence-electron chi connectivity index (χ4n) is 3.59. The van der Waals surface area contributed by atoms with Crippen LogP contribution in [0.2, 0.25) is 0 Å². The summed E-state index contributed by atoms with van der Waals surface area (Å²) in [5.74, 6) is 0. The fraction of sp³-hybridized carbons (Fsp3) is 0.958. The molecule has 0 aromatic carbocycles. The molecule has 0 saturated heterocycles. The van der Waals surface area contributed by atoms with Crippen molar-refractivity contribution < 1.29 is 33.4 Å². The molecule has 0 aromatic rings. The van der Waals surface area contributed by atoms with Crippen LogP contribution in [0.1, 0.15) is 117 Å². The van der Waals surface area contributed by atoms with Crippen molar-refractivity contribution in [2.45, 2.75) is 123 Å². The predicted molar refractivity (Wildman–Crippen MR) is 130 cm³/mol. The summed E-state index contributed by atoms with van der Waals surface area (Å²) in [6.45, 7) is 4.97. The van der Waals surface area contributed by atoms with Crippen LogP contribution in [0.5, 0.6) is 0 Å². The number of hydrogen-bond donors (Lipinski definition) is 2. The molecule has 0 aliphatic rings. The van der Waals surface area contributed by atoms with E-state index in [4.69, 9.17) is 14.6 Å². The van der Waals surface area contributed by atoms with Crippen molar-refractivity contribution in [2.75, 3.05) is 26.4 Å². The SMILES string of the molecule is CCCCCCCCCCCCCCCCCCOC[C@@H](COP(=O)(O)C(=O)O)OCC. The number of unbranched alkanes of at least 4 members (excludes halogenated alkanes) is 15. The summed E-state index contributed by atoms with van der Waals surface area (Å²) in [6, 6.07) is 0. The van der Waals surface area contributed by atoms with Crippen LogP contribution in [0.4, 0.5) is 4.79 Å². The van der Waals surface area contributed by atoms with E-state index in [9.17, 15) is 14.3 Å². The minimum absolute atomic E-state index is 0.214. The predicted octanol–water partition coefficient (Wildman–Crippen LogP) is 7.55. The molecule has 0 rings (SSSR count). The van der Waals surface area contributed by atoms with E-state index in [1.807, 2.05) is 0 Å². The Labute approximate surface area is 196 Å². The Morgan fingerprint density at radius 1 is 0.750 bits per heavy atom. The number of rotatable bonds is 25. The van der Waals surface area contributed by atoms with Crippen LogP contribution in [0, 0.1) is 0 Å². The number of ether oxygens (including phenoxy) is 2. The summed E-state index contributed by atoms with van der Waals surface area (Å²) >= 11 is 0. The van der Waals surface area contributed by atoms with Crippen LogP contribution in [0.25, 0.3) is 0 Å². The third kappa shape index (κ3) is 20.2. The van der Waals surface area contributed by atoms with E-state index in [1.165, 1.54) is 89.9 Å². The zero-order valence-corrected chi connectivity index (χ0v) is 21.5. The van der Waals surface area contributed by atoms with Crippen molar-refractivity contribution in [3.63, 3.8) is 0 Å². The molecule has 0 bridgehead atoms. The zero-order chi connectivity index (χ0) is 23.9. The van der Waals surface area contributed by atoms with Gasteiger partial charge in [-0.3, -0.25) is 4.52 Å². The Bertz CT molecular complexity index is 473. The van der Waals surface area contributed by atoms with Crippen molar-refractivity contribution in [3.05, 3.63) is 0 Å².